The number of nitrogen functional groups attached to an aromatic ring is 1. The largest absolute Gasteiger partial charge is 0.451 e. The highest BCUT2D eigenvalue weighted by atomic mass is 32.1. The minimum atomic E-state index is -4.64. The Labute approximate surface area is 128 Å². The normalized spacial score (nSPS) is 18.9. The van der Waals surface area contributed by atoms with E-state index in [0.717, 1.165) is 17.1 Å². The number of aryl methyl sites for hydroxylation is 1. The molecule has 2 aromatic rings. The van der Waals surface area contributed by atoms with Crippen molar-refractivity contribution in [3.63, 3.8) is 0 Å². The van der Waals surface area contributed by atoms with Crippen LogP contribution in [0.4, 0.5) is 25.1 Å². The van der Waals surface area contributed by atoms with Gasteiger partial charge in [-0.1, -0.05) is 0 Å². The zero-order valence-corrected chi connectivity index (χ0v) is 12.4. The molecule has 1 aliphatic heterocycles. The molecule has 2 N–H and O–H groups in total. The van der Waals surface area contributed by atoms with Crippen LogP contribution in [0.2, 0.25) is 0 Å². The van der Waals surface area contributed by atoms with Crippen LogP contribution in [0.25, 0.3) is 0 Å². The number of thiazole rings is 1. The first-order valence-corrected chi connectivity index (χ1v) is 7.46. The van der Waals surface area contributed by atoms with Gasteiger partial charge in [0.1, 0.15) is 0 Å². The number of halogens is 3. The maximum absolute atomic E-state index is 12.7. The van der Waals surface area contributed by atoms with Gasteiger partial charge in [-0.25, -0.2) is 4.98 Å². The minimum Gasteiger partial charge on any atom is -0.368 e. The summed E-state index contributed by atoms with van der Waals surface area (Å²) in [4.78, 5) is 16.6. The van der Waals surface area contributed by atoms with E-state index in [2.05, 4.69) is 19.9 Å². The Balaban J connectivity index is 1.82. The van der Waals surface area contributed by atoms with Crippen molar-refractivity contribution in [3.8, 4) is 0 Å². The van der Waals surface area contributed by atoms with Gasteiger partial charge in [-0.15, -0.1) is 11.3 Å². The van der Waals surface area contributed by atoms with Crippen LogP contribution >= 0.6 is 11.3 Å². The number of nitrogens with zero attached hydrogens (tertiary/aromatic N) is 5. The monoisotopic (exact) mass is 330 g/mol. The fourth-order valence-corrected chi connectivity index (χ4v) is 3.28. The summed E-state index contributed by atoms with van der Waals surface area (Å²) in [5, 5.41) is 2.94. The van der Waals surface area contributed by atoms with E-state index >= 15 is 0 Å². The number of hydrogen-bond acceptors (Lipinski definition) is 7. The van der Waals surface area contributed by atoms with Gasteiger partial charge in [0, 0.05) is 30.1 Å². The second-order valence-corrected chi connectivity index (χ2v) is 5.96. The molecule has 10 heteroatoms. The summed E-state index contributed by atoms with van der Waals surface area (Å²) in [5.41, 5.74) is 6.32. The quantitative estimate of drug-likeness (QED) is 0.909. The minimum absolute atomic E-state index is 0.0318. The molecule has 0 aliphatic carbocycles. The lowest BCUT2D eigenvalue weighted by atomic mass is 10.1. The maximum Gasteiger partial charge on any atom is 0.451 e. The molecule has 1 atom stereocenters. The average Bonchev–Trinajstić information content (AvgIpc) is 3.05. The Morgan fingerprint density at radius 1 is 1.27 bits per heavy atom. The van der Waals surface area contributed by atoms with Crippen LogP contribution in [0.15, 0.2) is 5.38 Å². The molecule has 1 fully saturated rings. The van der Waals surface area contributed by atoms with E-state index in [4.69, 9.17) is 5.73 Å². The number of hydrogen-bond donors (Lipinski definition) is 1. The van der Waals surface area contributed by atoms with Crippen molar-refractivity contribution in [1.82, 2.24) is 19.9 Å². The molecule has 0 radical (unpaired) electrons. The standard InChI is InChI=1S/C12H13F3N6S/c1-6-5-22-8(17-6)7-2-3-21(4-7)11-19-9(12(13,14)15)18-10(16)20-11/h5,7H,2-4H2,1H3,(H2,16,18,19,20). The zero-order chi connectivity index (χ0) is 15.9. The third-order valence-electron chi connectivity index (χ3n) is 3.35. The maximum atomic E-state index is 12.7. The third-order valence-corrected chi connectivity index (χ3v) is 4.48. The van der Waals surface area contributed by atoms with Crippen molar-refractivity contribution in [2.45, 2.75) is 25.4 Å². The van der Waals surface area contributed by atoms with Crippen molar-refractivity contribution >= 4 is 23.2 Å². The van der Waals surface area contributed by atoms with Crippen LogP contribution in [0.1, 0.15) is 28.9 Å². The van der Waals surface area contributed by atoms with Gasteiger partial charge in [-0.2, -0.15) is 28.1 Å². The first-order chi connectivity index (χ1) is 10.3. The molecule has 0 amide bonds. The lowest BCUT2D eigenvalue weighted by molar-refractivity contribution is -0.144. The third kappa shape index (κ3) is 2.96. The Morgan fingerprint density at radius 3 is 2.68 bits per heavy atom. The average molecular weight is 330 g/mol. The fraction of sp³-hybridized carbons (Fsp3) is 0.500. The molecule has 1 aliphatic rings. The van der Waals surface area contributed by atoms with Crippen molar-refractivity contribution in [2.75, 3.05) is 23.7 Å². The SMILES string of the molecule is Cc1csc(C2CCN(c3nc(N)nc(C(F)(F)F)n3)C2)n1. The van der Waals surface area contributed by atoms with E-state index in [1.54, 1.807) is 16.2 Å². The van der Waals surface area contributed by atoms with Gasteiger partial charge in [-0.3, -0.25) is 0 Å². The van der Waals surface area contributed by atoms with E-state index in [-0.39, 0.29) is 11.9 Å². The van der Waals surface area contributed by atoms with Gasteiger partial charge in [0.05, 0.1) is 5.01 Å². The second-order valence-electron chi connectivity index (χ2n) is 5.07. The van der Waals surface area contributed by atoms with Crippen molar-refractivity contribution in [1.29, 1.82) is 0 Å². The van der Waals surface area contributed by atoms with Gasteiger partial charge in [0.2, 0.25) is 17.7 Å². The lowest BCUT2D eigenvalue weighted by Gasteiger charge is -2.17. The lowest BCUT2D eigenvalue weighted by Crippen LogP contribution is -2.25. The Morgan fingerprint density at radius 2 is 2.05 bits per heavy atom. The number of anilines is 2. The predicted molar refractivity (Wildman–Crippen MR) is 75.7 cm³/mol. The molecule has 22 heavy (non-hydrogen) atoms. The number of nitrogens with two attached hydrogens (primary N) is 1. The Bertz CT molecular complexity index is 686. The van der Waals surface area contributed by atoms with Gasteiger partial charge in [0.25, 0.3) is 0 Å². The van der Waals surface area contributed by atoms with E-state index in [1.807, 2.05) is 12.3 Å². The molecular weight excluding hydrogens is 317 g/mol. The number of alkyl halides is 3. The summed E-state index contributed by atoms with van der Waals surface area (Å²) in [7, 11) is 0. The molecular formula is C12H13F3N6S. The molecule has 0 saturated carbocycles. The van der Waals surface area contributed by atoms with E-state index in [9.17, 15) is 13.2 Å². The van der Waals surface area contributed by atoms with Crippen LogP contribution in [-0.2, 0) is 6.18 Å². The molecule has 0 spiro atoms. The van der Waals surface area contributed by atoms with E-state index in [0.29, 0.717) is 13.1 Å². The van der Waals surface area contributed by atoms with Gasteiger partial charge >= 0.3 is 6.18 Å². The molecule has 118 valence electrons. The zero-order valence-electron chi connectivity index (χ0n) is 11.6. The molecule has 2 aromatic heterocycles. The smallest absolute Gasteiger partial charge is 0.368 e. The van der Waals surface area contributed by atoms with Crippen molar-refractivity contribution in [2.24, 2.45) is 0 Å². The first kappa shape index (κ1) is 14.9. The molecule has 3 rings (SSSR count). The molecule has 3 heterocycles. The van der Waals surface area contributed by atoms with Crippen LogP contribution in [0, 0.1) is 6.92 Å². The summed E-state index contributed by atoms with van der Waals surface area (Å²) >= 11 is 1.56. The van der Waals surface area contributed by atoms with E-state index < -0.39 is 17.9 Å². The summed E-state index contributed by atoms with van der Waals surface area (Å²) in [6.45, 7) is 2.99. The van der Waals surface area contributed by atoms with Crippen molar-refractivity contribution in [3.05, 3.63) is 21.9 Å². The van der Waals surface area contributed by atoms with Gasteiger partial charge in [-0.05, 0) is 13.3 Å². The van der Waals surface area contributed by atoms with Crippen LogP contribution in [0.3, 0.4) is 0 Å². The molecule has 1 saturated heterocycles. The summed E-state index contributed by atoms with van der Waals surface area (Å²) in [6, 6.07) is 0. The van der Waals surface area contributed by atoms with Crippen LogP contribution in [0.5, 0.6) is 0 Å². The van der Waals surface area contributed by atoms with Crippen molar-refractivity contribution < 1.29 is 13.2 Å². The highest BCUT2D eigenvalue weighted by molar-refractivity contribution is 7.09. The van der Waals surface area contributed by atoms with Gasteiger partial charge < -0.3 is 10.6 Å². The Kier molecular flexibility index (Phi) is 3.63. The molecule has 6 nitrogen and oxygen atoms in total. The summed E-state index contributed by atoms with van der Waals surface area (Å²) in [5.74, 6) is -1.55. The Hall–Kier alpha value is -1.97. The summed E-state index contributed by atoms with van der Waals surface area (Å²) < 4.78 is 38.2. The molecule has 1 unspecified atom stereocenters. The molecule has 0 aromatic carbocycles. The highest BCUT2D eigenvalue weighted by Crippen LogP contribution is 2.32. The van der Waals surface area contributed by atoms with Gasteiger partial charge in [0.15, 0.2) is 0 Å². The topological polar surface area (TPSA) is 80.8 Å². The fourth-order valence-electron chi connectivity index (χ4n) is 2.35. The number of aromatic nitrogens is 4. The first-order valence-electron chi connectivity index (χ1n) is 6.58. The summed E-state index contributed by atoms with van der Waals surface area (Å²) in [6.07, 6.45) is -3.85. The number of rotatable bonds is 2. The molecule has 0 bridgehead atoms. The van der Waals surface area contributed by atoms with E-state index in [1.165, 1.54) is 0 Å². The highest BCUT2D eigenvalue weighted by Gasteiger charge is 2.37. The van der Waals surface area contributed by atoms with Crippen LogP contribution < -0.4 is 10.6 Å². The predicted octanol–water partition coefficient (Wildman–Crippen LogP) is 2.23. The second kappa shape index (κ2) is 5.34. The van der Waals surface area contributed by atoms with Crippen LogP contribution in [-0.4, -0.2) is 33.0 Å².